The minimum Gasteiger partial charge on any atom is -0.378 e. The van der Waals surface area contributed by atoms with Crippen LogP contribution in [0.4, 0.5) is 0 Å². The maximum atomic E-state index is 5.90. The Morgan fingerprint density at radius 3 is 2.58 bits per heavy atom. The molecule has 0 amide bonds. The van der Waals surface area contributed by atoms with E-state index < -0.39 is 0 Å². The van der Waals surface area contributed by atoms with Gasteiger partial charge in [0.1, 0.15) is 0 Å². The number of hydrogen-bond donors (Lipinski definition) is 1. The average molecular weight is 171 g/mol. The van der Waals surface area contributed by atoms with E-state index in [2.05, 4.69) is 13.8 Å². The minimum atomic E-state index is 0.337. The van der Waals surface area contributed by atoms with Crippen molar-refractivity contribution in [3.63, 3.8) is 0 Å². The minimum absolute atomic E-state index is 0.337. The second-order valence-corrected chi connectivity index (χ2v) is 4.25. The highest BCUT2D eigenvalue weighted by Crippen LogP contribution is 2.23. The van der Waals surface area contributed by atoms with Gasteiger partial charge in [0.2, 0.25) is 0 Å². The molecule has 12 heavy (non-hydrogen) atoms. The van der Waals surface area contributed by atoms with Gasteiger partial charge in [-0.1, -0.05) is 13.8 Å². The largest absolute Gasteiger partial charge is 0.378 e. The molecule has 0 bridgehead atoms. The second-order valence-electron chi connectivity index (χ2n) is 4.25. The van der Waals surface area contributed by atoms with E-state index in [4.69, 9.17) is 10.5 Å². The summed E-state index contributed by atoms with van der Waals surface area (Å²) >= 11 is 0. The van der Waals surface area contributed by atoms with Crippen LogP contribution in [0.3, 0.4) is 0 Å². The van der Waals surface area contributed by atoms with E-state index in [9.17, 15) is 0 Å². The topological polar surface area (TPSA) is 35.2 Å². The van der Waals surface area contributed by atoms with Crippen LogP contribution in [0.25, 0.3) is 0 Å². The van der Waals surface area contributed by atoms with Gasteiger partial charge in [0.15, 0.2) is 0 Å². The molecule has 1 fully saturated rings. The SMILES string of the molecule is CC(C)C[C@@H](N)CCOC1CC1. The average Bonchev–Trinajstić information content (AvgIpc) is 2.69. The Morgan fingerprint density at radius 1 is 1.42 bits per heavy atom. The molecule has 0 aromatic carbocycles. The summed E-state index contributed by atoms with van der Waals surface area (Å²) in [4.78, 5) is 0. The molecule has 0 spiro atoms. The number of ether oxygens (including phenoxy) is 1. The molecule has 1 atom stereocenters. The fourth-order valence-electron chi connectivity index (χ4n) is 1.34. The molecule has 2 nitrogen and oxygen atoms in total. The smallest absolute Gasteiger partial charge is 0.0577 e. The van der Waals surface area contributed by atoms with Crippen molar-refractivity contribution in [1.29, 1.82) is 0 Å². The van der Waals surface area contributed by atoms with Crippen LogP contribution >= 0.6 is 0 Å². The second kappa shape index (κ2) is 4.83. The van der Waals surface area contributed by atoms with Gasteiger partial charge >= 0.3 is 0 Å². The number of rotatable bonds is 6. The van der Waals surface area contributed by atoms with Gasteiger partial charge in [-0.2, -0.15) is 0 Å². The molecule has 0 aromatic heterocycles. The summed E-state index contributed by atoms with van der Waals surface area (Å²) in [6.07, 6.45) is 5.25. The standard InChI is InChI=1S/C10H21NO/c1-8(2)7-9(11)5-6-12-10-3-4-10/h8-10H,3-7,11H2,1-2H3/t9-/m0/s1. The van der Waals surface area contributed by atoms with E-state index in [0.29, 0.717) is 18.1 Å². The monoisotopic (exact) mass is 171 g/mol. The van der Waals surface area contributed by atoms with Crippen LogP contribution in [0.15, 0.2) is 0 Å². The molecule has 1 aliphatic carbocycles. The summed E-state index contributed by atoms with van der Waals surface area (Å²) < 4.78 is 5.53. The maximum absolute atomic E-state index is 5.90. The van der Waals surface area contributed by atoms with Crippen molar-refractivity contribution in [2.45, 2.75) is 51.7 Å². The van der Waals surface area contributed by atoms with E-state index in [0.717, 1.165) is 19.4 Å². The molecule has 0 aliphatic heterocycles. The van der Waals surface area contributed by atoms with Gasteiger partial charge < -0.3 is 10.5 Å². The van der Waals surface area contributed by atoms with Crippen molar-refractivity contribution >= 4 is 0 Å². The van der Waals surface area contributed by atoms with E-state index in [1.807, 2.05) is 0 Å². The van der Waals surface area contributed by atoms with E-state index in [1.54, 1.807) is 0 Å². The lowest BCUT2D eigenvalue weighted by Gasteiger charge is -2.13. The van der Waals surface area contributed by atoms with Gasteiger partial charge in [0, 0.05) is 12.6 Å². The van der Waals surface area contributed by atoms with Gasteiger partial charge in [-0.3, -0.25) is 0 Å². The molecule has 0 aromatic rings. The normalized spacial score (nSPS) is 20.0. The van der Waals surface area contributed by atoms with Crippen LogP contribution in [0.5, 0.6) is 0 Å². The molecule has 0 heterocycles. The Balaban J connectivity index is 1.89. The van der Waals surface area contributed by atoms with E-state index in [1.165, 1.54) is 12.8 Å². The number of nitrogens with two attached hydrogens (primary N) is 1. The third kappa shape index (κ3) is 4.73. The van der Waals surface area contributed by atoms with Gasteiger partial charge in [-0.15, -0.1) is 0 Å². The molecule has 2 heteroatoms. The first kappa shape index (κ1) is 10.0. The highest BCUT2D eigenvalue weighted by Gasteiger charge is 2.21. The molecule has 1 rings (SSSR count). The Hall–Kier alpha value is -0.0800. The zero-order chi connectivity index (χ0) is 8.97. The summed E-state index contributed by atoms with van der Waals surface area (Å²) in [5.74, 6) is 0.709. The van der Waals surface area contributed by atoms with Crippen LogP contribution in [0.2, 0.25) is 0 Å². The third-order valence-electron chi connectivity index (χ3n) is 2.14. The summed E-state index contributed by atoms with van der Waals surface area (Å²) in [5, 5.41) is 0. The molecule has 1 aliphatic rings. The maximum Gasteiger partial charge on any atom is 0.0577 e. The lowest BCUT2D eigenvalue weighted by atomic mass is 10.0. The Kier molecular flexibility index (Phi) is 4.02. The molecule has 0 unspecified atom stereocenters. The predicted molar refractivity (Wildman–Crippen MR) is 51.0 cm³/mol. The van der Waals surface area contributed by atoms with Crippen LogP contribution < -0.4 is 5.73 Å². The zero-order valence-electron chi connectivity index (χ0n) is 8.25. The lowest BCUT2D eigenvalue weighted by Crippen LogP contribution is -2.24. The summed E-state index contributed by atoms with van der Waals surface area (Å²) in [7, 11) is 0. The first-order valence-corrected chi connectivity index (χ1v) is 5.05. The first-order chi connectivity index (χ1) is 5.68. The Labute approximate surface area is 75.5 Å². The predicted octanol–water partition coefficient (Wildman–Crippen LogP) is 1.93. The lowest BCUT2D eigenvalue weighted by molar-refractivity contribution is 0.111. The van der Waals surface area contributed by atoms with Crippen LogP contribution in [0, 0.1) is 5.92 Å². The fraction of sp³-hybridized carbons (Fsp3) is 1.00. The van der Waals surface area contributed by atoms with Crippen molar-refractivity contribution in [2.75, 3.05) is 6.61 Å². The molecule has 72 valence electrons. The highest BCUT2D eigenvalue weighted by molar-refractivity contribution is 4.73. The summed E-state index contributed by atoms with van der Waals surface area (Å²) in [6, 6.07) is 0.337. The number of hydrogen-bond acceptors (Lipinski definition) is 2. The molecule has 0 radical (unpaired) electrons. The fourth-order valence-corrected chi connectivity index (χ4v) is 1.34. The van der Waals surface area contributed by atoms with E-state index >= 15 is 0 Å². The van der Waals surface area contributed by atoms with Crippen molar-refractivity contribution in [2.24, 2.45) is 11.7 Å². The van der Waals surface area contributed by atoms with Gasteiger partial charge in [-0.05, 0) is 31.6 Å². The van der Waals surface area contributed by atoms with Crippen LogP contribution in [-0.4, -0.2) is 18.8 Å². The molecular formula is C10H21NO. The molecule has 0 saturated heterocycles. The quantitative estimate of drug-likeness (QED) is 0.662. The first-order valence-electron chi connectivity index (χ1n) is 5.05. The summed E-state index contributed by atoms with van der Waals surface area (Å²) in [6.45, 7) is 5.28. The molecular weight excluding hydrogens is 150 g/mol. The molecule has 2 N–H and O–H groups in total. The van der Waals surface area contributed by atoms with Gasteiger partial charge in [0.25, 0.3) is 0 Å². The van der Waals surface area contributed by atoms with Crippen molar-refractivity contribution in [1.82, 2.24) is 0 Å². The van der Waals surface area contributed by atoms with E-state index in [-0.39, 0.29) is 0 Å². The highest BCUT2D eigenvalue weighted by atomic mass is 16.5. The van der Waals surface area contributed by atoms with Crippen molar-refractivity contribution in [3.8, 4) is 0 Å². The van der Waals surface area contributed by atoms with Crippen LogP contribution in [0.1, 0.15) is 39.5 Å². The van der Waals surface area contributed by atoms with Crippen LogP contribution in [-0.2, 0) is 4.74 Å². The molecule has 1 saturated carbocycles. The summed E-state index contributed by atoms with van der Waals surface area (Å²) in [5.41, 5.74) is 5.90. The van der Waals surface area contributed by atoms with Crippen molar-refractivity contribution in [3.05, 3.63) is 0 Å². The van der Waals surface area contributed by atoms with Gasteiger partial charge in [0.05, 0.1) is 6.10 Å². The Morgan fingerprint density at radius 2 is 2.08 bits per heavy atom. The zero-order valence-corrected chi connectivity index (χ0v) is 8.25. The Bertz CT molecular complexity index is 121. The van der Waals surface area contributed by atoms with Gasteiger partial charge in [-0.25, -0.2) is 0 Å². The third-order valence-corrected chi connectivity index (χ3v) is 2.14. The van der Waals surface area contributed by atoms with Crippen molar-refractivity contribution < 1.29 is 4.74 Å².